The molecule has 108 valence electrons. The number of carbonyl (C=O) groups is 1. The van der Waals surface area contributed by atoms with Gasteiger partial charge in [-0.3, -0.25) is 9.69 Å². The molecule has 0 aromatic rings. The lowest BCUT2D eigenvalue weighted by atomic mass is 10.1. The second kappa shape index (κ2) is 12.8. The molecular weight excluding hydrogens is 230 g/mol. The Morgan fingerprint density at radius 3 is 1.72 bits per heavy atom. The van der Waals surface area contributed by atoms with Gasteiger partial charge in [0.15, 0.2) is 0 Å². The molecule has 0 unspecified atom stereocenters. The van der Waals surface area contributed by atoms with E-state index in [1.807, 2.05) is 0 Å². The van der Waals surface area contributed by atoms with Gasteiger partial charge in [-0.2, -0.15) is 0 Å². The van der Waals surface area contributed by atoms with E-state index in [1.165, 1.54) is 44.9 Å². The number of hydrogen-bond acceptors (Lipinski definition) is 3. The zero-order valence-electron chi connectivity index (χ0n) is 11.7. The number of hydrogen-bond donors (Lipinski definition) is 2. The Morgan fingerprint density at radius 1 is 0.833 bits per heavy atom. The van der Waals surface area contributed by atoms with Crippen LogP contribution in [0.4, 0.5) is 0 Å². The predicted molar refractivity (Wildman–Crippen MR) is 72.9 cm³/mol. The summed E-state index contributed by atoms with van der Waals surface area (Å²) in [6.45, 7) is 1.43. The molecule has 0 aromatic heterocycles. The highest BCUT2D eigenvalue weighted by atomic mass is 16.3. The van der Waals surface area contributed by atoms with E-state index in [0.717, 1.165) is 17.7 Å². The topological polar surface area (TPSA) is 60.8 Å². The van der Waals surface area contributed by atoms with Gasteiger partial charge in [-0.1, -0.05) is 58.3 Å². The lowest BCUT2D eigenvalue weighted by Gasteiger charge is -2.16. The quantitative estimate of drug-likeness (QED) is 0.418. The van der Waals surface area contributed by atoms with Crippen molar-refractivity contribution in [1.82, 2.24) is 4.90 Å². The molecule has 0 spiro atoms. The Labute approximate surface area is 111 Å². The van der Waals surface area contributed by atoms with E-state index in [9.17, 15) is 4.79 Å². The number of rotatable bonds is 12. The van der Waals surface area contributed by atoms with E-state index in [2.05, 4.69) is 6.92 Å². The SMILES string of the molecule is CCCCCCCCCCCC(=O)N(CO)CO. The summed E-state index contributed by atoms with van der Waals surface area (Å²) >= 11 is 0. The van der Waals surface area contributed by atoms with Gasteiger partial charge in [-0.05, 0) is 6.42 Å². The fourth-order valence-electron chi connectivity index (χ4n) is 1.95. The molecule has 0 saturated heterocycles. The highest BCUT2D eigenvalue weighted by Crippen LogP contribution is 2.10. The molecule has 2 N–H and O–H groups in total. The van der Waals surface area contributed by atoms with Crippen LogP contribution in [0, 0.1) is 0 Å². The zero-order chi connectivity index (χ0) is 13.6. The molecule has 0 aliphatic carbocycles. The maximum atomic E-state index is 11.4. The van der Waals surface area contributed by atoms with E-state index >= 15 is 0 Å². The van der Waals surface area contributed by atoms with Crippen molar-refractivity contribution >= 4 is 5.91 Å². The molecule has 0 aliphatic heterocycles. The Hall–Kier alpha value is -0.610. The Balaban J connectivity index is 3.27. The summed E-state index contributed by atoms with van der Waals surface area (Å²) in [5.41, 5.74) is 0. The molecule has 0 fully saturated rings. The predicted octanol–water partition coefficient (Wildman–Crippen LogP) is 2.64. The highest BCUT2D eigenvalue weighted by molar-refractivity contribution is 5.75. The first-order valence-electron chi connectivity index (χ1n) is 7.25. The third-order valence-electron chi connectivity index (χ3n) is 3.19. The van der Waals surface area contributed by atoms with Crippen LogP contribution in [0.3, 0.4) is 0 Å². The monoisotopic (exact) mass is 259 g/mol. The third-order valence-corrected chi connectivity index (χ3v) is 3.19. The smallest absolute Gasteiger partial charge is 0.226 e. The van der Waals surface area contributed by atoms with Gasteiger partial charge < -0.3 is 10.2 Å². The van der Waals surface area contributed by atoms with Crippen LogP contribution in [-0.4, -0.2) is 34.5 Å². The first-order valence-corrected chi connectivity index (χ1v) is 7.25. The van der Waals surface area contributed by atoms with Crippen molar-refractivity contribution < 1.29 is 15.0 Å². The average molecular weight is 259 g/mol. The number of nitrogens with zero attached hydrogens (tertiary/aromatic N) is 1. The lowest BCUT2D eigenvalue weighted by molar-refractivity contribution is -0.139. The standard InChI is InChI=1S/C14H29NO3/c1-2-3-4-5-6-7-8-9-10-11-14(18)15(12-16)13-17/h16-17H,2-13H2,1H3. The first kappa shape index (κ1) is 17.4. The van der Waals surface area contributed by atoms with Crippen molar-refractivity contribution in [1.29, 1.82) is 0 Å². The van der Waals surface area contributed by atoms with Crippen molar-refractivity contribution in [3.8, 4) is 0 Å². The van der Waals surface area contributed by atoms with Crippen LogP contribution in [-0.2, 0) is 4.79 Å². The molecule has 0 atom stereocenters. The summed E-state index contributed by atoms with van der Waals surface area (Å²) in [5.74, 6) is -0.164. The van der Waals surface area contributed by atoms with E-state index in [-0.39, 0.29) is 5.91 Å². The van der Waals surface area contributed by atoms with Gasteiger partial charge in [-0.15, -0.1) is 0 Å². The lowest BCUT2D eigenvalue weighted by Crippen LogP contribution is -2.32. The first-order chi connectivity index (χ1) is 8.76. The van der Waals surface area contributed by atoms with Crippen LogP contribution >= 0.6 is 0 Å². The van der Waals surface area contributed by atoms with Gasteiger partial charge in [0, 0.05) is 6.42 Å². The summed E-state index contributed by atoms with van der Waals surface area (Å²) < 4.78 is 0. The van der Waals surface area contributed by atoms with Crippen molar-refractivity contribution in [2.45, 2.75) is 71.1 Å². The van der Waals surface area contributed by atoms with Gasteiger partial charge in [0.2, 0.25) is 5.91 Å². The average Bonchev–Trinajstić information content (AvgIpc) is 2.38. The van der Waals surface area contributed by atoms with Crippen LogP contribution in [0.5, 0.6) is 0 Å². The summed E-state index contributed by atoms with van der Waals surface area (Å²) in [6.07, 6.45) is 11.4. The van der Waals surface area contributed by atoms with Gasteiger partial charge >= 0.3 is 0 Å². The van der Waals surface area contributed by atoms with Crippen molar-refractivity contribution in [2.24, 2.45) is 0 Å². The molecule has 0 bridgehead atoms. The maximum absolute atomic E-state index is 11.4. The fraction of sp³-hybridized carbons (Fsp3) is 0.929. The van der Waals surface area contributed by atoms with Crippen LogP contribution in [0.2, 0.25) is 0 Å². The van der Waals surface area contributed by atoms with Crippen molar-refractivity contribution in [3.63, 3.8) is 0 Å². The molecule has 18 heavy (non-hydrogen) atoms. The highest BCUT2D eigenvalue weighted by Gasteiger charge is 2.09. The minimum absolute atomic E-state index is 0.164. The molecule has 0 heterocycles. The summed E-state index contributed by atoms with van der Waals surface area (Å²) in [4.78, 5) is 12.5. The molecular formula is C14H29NO3. The number of aliphatic hydroxyl groups is 2. The largest absolute Gasteiger partial charge is 0.376 e. The van der Waals surface area contributed by atoms with Crippen molar-refractivity contribution in [2.75, 3.05) is 13.5 Å². The zero-order valence-corrected chi connectivity index (χ0v) is 11.7. The molecule has 4 heteroatoms. The number of aliphatic hydroxyl groups excluding tert-OH is 2. The van der Waals surface area contributed by atoms with E-state index in [0.29, 0.717) is 6.42 Å². The molecule has 1 amide bonds. The normalized spacial score (nSPS) is 10.6. The molecule has 0 saturated carbocycles. The Morgan fingerprint density at radius 2 is 1.28 bits per heavy atom. The number of amides is 1. The minimum Gasteiger partial charge on any atom is -0.376 e. The molecule has 0 aromatic carbocycles. The fourth-order valence-corrected chi connectivity index (χ4v) is 1.95. The van der Waals surface area contributed by atoms with Gasteiger partial charge in [0.05, 0.1) is 0 Å². The Bertz CT molecular complexity index is 193. The van der Waals surface area contributed by atoms with Gasteiger partial charge in [-0.25, -0.2) is 0 Å². The second-order valence-electron chi connectivity index (χ2n) is 4.79. The summed E-state index contributed by atoms with van der Waals surface area (Å²) in [7, 11) is 0. The van der Waals surface area contributed by atoms with E-state index in [4.69, 9.17) is 10.2 Å². The third kappa shape index (κ3) is 9.42. The maximum Gasteiger partial charge on any atom is 0.226 e. The second-order valence-corrected chi connectivity index (χ2v) is 4.79. The molecule has 4 nitrogen and oxygen atoms in total. The van der Waals surface area contributed by atoms with Crippen LogP contribution in [0.1, 0.15) is 71.1 Å². The van der Waals surface area contributed by atoms with Crippen LogP contribution < -0.4 is 0 Å². The number of unbranched alkanes of at least 4 members (excludes halogenated alkanes) is 8. The Kier molecular flexibility index (Phi) is 12.4. The van der Waals surface area contributed by atoms with Crippen molar-refractivity contribution in [3.05, 3.63) is 0 Å². The van der Waals surface area contributed by atoms with Crippen LogP contribution in [0.15, 0.2) is 0 Å². The van der Waals surface area contributed by atoms with Gasteiger partial charge in [0.25, 0.3) is 0 Å². The summed E-state index contributed by atoms with van der Waals surface area (Å²) in [6, 6.07) is 0. The van der Waals surface area contributed by atoms with E-state index < -0.39 is 13.5 Å². The van der Waals surface area contributed by atoms with E-state index in [1.54, 1.807) is 0 Å². The molecule has 0 rings (SSSR count). The molecule has 0 aliphatic rings. The summed E-state index contributed by atoms with van der Waals surface area (Å²) in [5, 5.41) is 17.6. The minimum atomic E-state index is -0.396. The number of carbonyl (C=O) groups excluding carboxylic acids is 1. The molecule has 0 radical (unpaired) electrons. The van der Waals surface area contributed by atoms with Crippen LogP contribution in [0.25, 0.3) is 0 Å². The van der Waals surface area contributed by atoms with Gasteiger partial charge in [0.1, 0.15) is 13.5 Å².